The van der Waals surface area contributed by atoms with Crippen LogP contribution < -0.4 is 0 Å². The number of hydrogen-bond acceptors (Lipinski definition) is 5. The van der Waals surface area contributed by atoms with E-state index in [1.54, 1.807) is 37.3 Å². The Kier molecular flexibility index (Phi) is 4.56. The van der Waals surface area contributed by atoms with E-state index in [-0.39, 0.29) is 23.8 Å². The first-order valence-corrected chi connectivity index (χ1v) is 6.41. The molecule has 1 heterocycles. The van der Waals surface area contributed by atoms with Crippen LogP contribution in [0.3, 0.4) is 0 Å². The van der Waals surface area contributed by atoms with Crippen molar-refractivity contribution in [1.82, 2.24) is 4.98 Å². The molecule has 0 atom stereocenters. The summed E-state index contributed by atoms with van der Waals surface area (Å²) in [4.78, 5) is 39.4. The first kappa shape index (κ1) is 14.6. The van der Waals surface area contributed by atoms with Gasteiger partial charge in [0.25, 0.3) is 5.78 Å². The van der Waals surface area contributed by atoms with Crippen molar-refractivity contribution in [3.63, 3.8) is 0 Å². The van der Waals surface area contributed by atoms with E-state index in [1.165, 1.54) is 18.2 Å². The van der Waals surface area contributed by atoms with Gasteiger partial charge in [-0.05, 0) is 19.1 Å². The van der Waals surface area contributed by atoms with E-state index in [0.717, 1.165) is 0 Å². The average Bonchev–Trinajstić information content (AvgIpc) is 2.54. The minimum Gasteiger partial charge on any atom is -0.460 e. The average molecular weight is 283 g/mol. The zero-order chi connectivity index (χ0) is 15.2. The molecule has 1 aromatic carbocycles. The zero-order valence-electron chi connectivity index (χ0n) is 11.4. The third kappa shape index (κ3) is 3.39. The number of ether oxygens (including phenoxy) is 1. The molecule has 0 saturated carbocycles. The van der Waals surface area contributed by atoms with E-state index >= 15 is 0 Å². The summed E-state index contributed by atoms with van der Waals surface area (Å²) in [5.74, 6) is -2.15. The fourth-order valence-corrected chi connectivity index (χ4v) is 1.73. The van der Waals surface area contributed by atoms with Crippen LogP contribution in [0.1, 0.15) is 33.5 Å². The van der Waals surface area contributed by atoms with Crippen LogP contribution in [-0.4, -0.2) is 29.1 Å². The minimum absolute atomic E-state index is 0.102. The Labute approximate surface area is 121 Å². The standard InChI is InChI=1S/C16H13NO4/c1-2-21-16(20)15(19)13-10-6-9-12(17-13)14(18)11-7-4-3-5-8-11/h3-10H,2H2,1H3. The van der Waals surface area contributed by atoms with E-state index in [9.17, 15) is 14.4 Å². The molecule has 106 valence electrons. The number of Topliss-reactive ketones (excluding diaryl/α,β-unsaturated/α-hetero) is 1. The van der Waals surface area contributed by atoms with Crippen LogP contribution in [0.4, 0.5) is 0 Å². The van der Waals surface area contributed by atoms with Gasteiger partial charge in [0.15, 0.2) is 0 Å². The molecule has 0 saturated heterocycles. The molecule has 2 rings (SSSR count). The molecule has 21 heavy (non-hydrogen) atoms. The Morgan fingerprint density at radius 1 is 0.952 bits per heavy atom. The van der Waals surface area contributed by atoms with E-state index in [0.29, 0.717) is 5.56 Å². The van der Waals surface area contributed by atoms with E-state index in [4.69, 9.17) is 0 Å². The molecule has 0 aliphatic rings. The lowest BCUT2D eigenvalue weighted by Crippen LogP contribution is -2.19. The van der Waals surface area contributed by atoms with Crippen LogP contribution in [0.5, 0.6) is 0 Å². The number of aromatic nitrogens is 1. The smallest absolute Gasteiger partial charge is 0.381 e. The fourth-order valence-electron chi connectivity index (χ4n) is 1.73. The van der Waals surface area contributed by atoms with Gasteiger partial charge in [-0.25, -0.2) is 9.78 Å². The Morgan fingerprint density at radius 3 is 2.29 bits per heavy atom. The Morgan fingerprint density at radius 2 is 1.62 bits per heavy atom. The lowest BCUT2D eigenvalue weighted by molar-refractivity contribution is -0.137. The van der Waals surface area contributed by atoms with Gasteiger partial charge in [0.2, 0.25) is 5.78 Å². The number of esters is 1. The highest BCUT2D eigenvalue weighted by atomic mass is 16.5. The summed E-state index contributed by atoms with van der Waals surface area (Å²) in [6, 6.07) is 13.0. The maximum Gasteiger partial charge on any atom is 0.381 e. The number of benzene rings is 1. The molecule has 2 aromatic rings. The number of nitrogens with zero attached hydrogens (tertiary/aromatic N) is 1. The van der Waals surface area contributed by atoms with Crippen LogP contribution in [0.2, 0.25) is 0 Å². The quantitative estimate of drug-likeness (QED) is 0.477. The van der Waals surface area contributed by atoms with E-state index < -0.39 is 11.8 Å². The summed E-state index contributed by atoms with van der Waals surface area (Å²) in [6.45, 7) is 1.71. The number of carbonyl (C=O) groups excluding carboxylic acids is 3. The van der Waals surface area contributed by atoms with Crippen LogP contribution in [0.25, 0.3) is 0 Å². The molecule has 0 unspecified atom stereocenters. The molecule has 0 amide bonds. The van der Waals surface area contributed by atoms with Crippen LogP contribution in [0.15, 0.2) is 48.5 Å². The second-order valence-corrected chi connectivity index (χ2v) is 4.15. The lowest BCUT2D eigenvalue weighted by Gasteiger charge is -2.03. The number of pyridine rings is 1. The van der Waals surface area contributed by atoms with Crippen LogP contribution >= 0.6 is 0 Å². The number of hydrogen-bond donors (Lipinski definition) is 0. The summed E-state index contributed by atoms with van der Waals surface area (Å²) in [5, 5.41) is 0. The van der Waals surface area contributed by atoms with Gasteiger partial charge in [0.1, 0.15) is 11.4 Å². The zero-order valence-corrected chi connectivity index (χ0v) is 11.4. The van der Waals surface area contributed by atoms with E-state index in [2.05, 4.69) is 9.72 Å². The van der Waals surface area contributed by atoms with Gasteiger partial charge in [-0.15, -0.1) is 0 Å². The Bertz CT molecular complexity index is 680. The summed E-state index contributed by atoms with van der Waals surface area (Å²) in [7, 11) is 0. The molecule has 0 fully saturated rings. The molecule has 0 aliphatic heterocycles. The van der Waals surface area contributed by atoms with Gasteiger partial charge in [-0.2, -0.15) is 0 Å². The lowest BCUT2D eigenvalue weighted by atomic mass is 10.1. The van der Waals surface area contributed by atoms with Crippen LogP contribution in [0, 0.1) is 0 Å². The van der Waals surface area contributed by atoms with Gasteiger partial charge in [-0.1, -0.05) is 36.4 Å². The highest BCUT2D eigenvalue weighted by molar-refractivity contribution is 6.40. The third-order valence-corrected chi connectivity index (χ3v) is 2.71. The number of rotatable bonds is 5. The molecule has 0 N–H and O–H groups in total. The van der Waals surface area contributed by atoms with Crippen molar-refractivity contribution in [2.75, 3.05) is 6.61 Å². The van der Waals surface area contributed by atoms with E-state index in [1.807, 2.05) is 0 Å². The van der Waals surface area contributed by atoms with Crippen molar-refractivity contribution in [1.29, 1.82) is 0 Å². The summed E-state index contributed by atoms with van der Waals surface area (Å²) in [5.41, 5.74) is 0.470. The van der Waals surface area contributed by atoms with Crippen LogP contribution in [-0.2, 0) is 9.53 Å². The predicted molar refractivity (Wildman–Crippen MR) is 75.1 cm³/mol. The highest BCUT2D eigenvalue weighted by Gasteiger charge is 2.20. The highest BCUT2D eigenvalue weighted by Crippen LogP contribution is 2.09. The van der Waals surface area contributed by atoms with Crippen molar-refractivity contribution < 1.29 is 19.1 Å². The topological polar surface area (TPSA) is 73.3 Å². The summed E-state index contributed by atoms with van der Waals surface area (Å²) in [6.07, 6.45) is 0. The van der Waals surface area contributed by atoms with Crippen molar-refractivity contribution in [2.24, 2.45) is 0 Å². The van der Waals surface area contributed by atoms with Gasteiger partial charge in [0.05, 0.1) is 6.61 Å². The van der Waals surface area contributed by atoms with Gasteiger partial charge < -0.3 is 4.74 Å². The molecule has 0 spiro atoms. The molecule has 5 nitrogen and oxygen atoms in total. The summed E-state index contributed by atoms with van der Waals surface area (Å²) < 4.78 is 4.63. The monoisotopic (exact) mass is 283 g/mol. The Balaban J connectivity index is 2.28. The molecular formula is C16H13NO4. The third-order valence-electron chi connectivity index (χ3n) is 2.71. The second-order valence-electron chi connectivity index (χ2n) is 4.15. The first-order valence-electron chi connectivity index (χ1n) is 6.41. The van der Waals surface area contributed by atoms with Gasteiger partial charge in [0, 0.05) is 5.56 Å². The molecule has 0 bridgehead atoms. The van der Waals surface area contributed by atoms with Crippen molar-refractivity contribution in [2.45, 2.75) is 6.92 Å². The SMILES string of the molecule is CCOC(=O)C(=O)c1cccc(C(=O)c2ccccc2)n1. The second kappa shape index (κ2) is 6.56. The van der Waals surface area contributed by atoms with Gasteiger partial charge >= 0.3 is 5.97 Å². The van der Waals surface area contributed by atoms with Gasteiger partial charge in [-0.3, -0.25) is 9.59 Å². The number of ketones is 2. The molecule has 1 aromatic heterocycles. The van der Waals surface area contributed by atoms with Crippen molar-refractivity contribution >= 4 is 17.5 Å². The molecule has 5 heteroatoms. The molecule has 0 aliphatic carbocycles. The largest absolute Gasteiger partial charge is 0.460 e. The molecular weight excluding hydrogens is 270 g/mol. The fraction of sp³-hybridized carbons (Fsp3) is 0.125. The maximum absolute atomic E-state index is 12.2. The normalized spacial score (nSPS) is 9.95. The summed E-state index contributed by atoms with van der Waals surface area (Å²) >= 11 is 0. The predicted octanol–water partition coefficient (Wildman–Crippen LogP) is 2.06. The Hall–Kier alpha value is -2.82. The van der Waals surface area contributed by atoms with Crippen molar-refractivity contribution in [3.05, 3.63) is 65.5 Å². The maximum atomic E-state index is 12.2. The molecule has 0 radical (unpaired) electrons. The number of carbonyl (C=O) groups is 3. The van der Waals surface area contributed by atoms with Crippen molar-refractivity contribution in [3.8, 4) is 0 Å². The minimum atomic E-state index is -0.977. The first-order chi connectivity index (χ1) is 10.1.